The second kappa shape index (κ2) is 13.8. The third kappa shape index (κ3) is 12.0. The lowest BCUT2D eigenvalue weighted by Gasteiger charge is -2.40. The molecule has 0 aromatic heterocycles. The Morgan fingerprint density at radius 2 is 1.76 bits per heavy atom. The zero-order chi connectivity index (χ0) is 21.7. The van der Waals surface area contributed by atoms with Gasteiger partial charge in [0.1, 0.15) is 0 Å². The molecule has 4 nitrogen and oxygen atoms in total. The van der Waals surface area contributed by atoms with Gasteiger partial charge in [0.2, 0.25) is 6.41 Å². The summed E-state index contributed by atoms with van der Waals surface area (Å²) in [6.07, 6.45) is 9.22. The summed E-state index contributed by atoms with van der Waals surface area (Å²) in [4.78, 5) is 12.3. The molecule has 0 bridgehead atoms. The first-order valence-corrected chi connectivity index (χ1v) is 11.5. The van der Waals surface area contributed by atoms with Gasteiger partial charge in [0, 0.05) is 18.1 Å². The van der Waals surface area contributed by atoms with Crippen LogP contribution in [0.5, 0.6) is 0 Å². The second-order valence-corrected chi connectivity index (χ2v) is 9.67. The molecule has 3 N–H and O–H groups in total. The van der Waals surface area contributed by atoms with Crippen LogP contribution < -0.4 is 11.1 Å². The molecular weight excluding hydrogens is 358 g/mol. The van der Waals surface area contributed by atoms with Crippen molar-refractivity contribution in [2.24, 2.45) is 17.6 Å². The van der Waals surface area contributed by atoms with E-state index in [0.717, 1.165) is 18.3 Å². The fraction of sp³-hybridized carbons (Fsp3) is 0.720. The fourth-order valence-corrected chi connectivity index (χ4v) is 4.13. The molecule has 2 fully saturated rings. The summed E-state index contributed by atoms with van der Waals surface area (Å²) < 4.78 is 0. The molecule has 0 unspecified atom stereocenters. The zero-order valence-electron chi connectivity index (χ0n) is 19.5. The quantitative estimate of drug-likeness (QED) is 0.721. The predicted molar refractivity (Wildman–Crippen MR) is 125 cm³/mol. The maximum atomic E-state index is 9.71. The summed E-state index contributed by atoms with van der Waals surface area (Å²) in [6.45, 7) is 14.2. The molecule has 1 aromatic rings. The van der Waals surface area contributed by atoms with E-state index in [2.05, 4.69) is 29.3 Å². The Hall–Kier alpha value is -1.39. The summed E-state index contributed by atoms with van der Waals surface area (Å²) in [5.41, 5.74) is 6.87. The van der Waals surface area contributed by atoms with Crippen molar-refractivity contribution >= 4 is 6.41 Å². The van der Waals surface area contributed by atoms with Crippen molar-refractivity contribution in [3.05, 3.63) is 35.9 Å². The van der Waals surface area contributed by atoms with Gasteiger partial charge in [0.25, 0.3) is 0 Å². The van der Waals surface area contributed by atoms with Crippen molar-refractivity contribution in [3.63, 3.8) is 0 Å². The third-order valence-electron chi connectivity index (χ3n) is 5.71. The molecule has 1 amide bonds. The Morgan fingerprint density at radius 3 is 2.24 bits per heavy atom. The van der Waals surface area contributed by atoms with E-state index in [1.807, 2.05) is 45.9 Å². The lowest BCUT2D eigenvalue weighted by Crippen LogP contribution is -2.41. The van der Waals surface area contributed by atoms with Gasteiger partial charge in [-0.15, -0.1) is 0 Å². The number of nitrogens with one attached hydrogen (secondary N) is 1. The highest BCUT2D eigenvalue weighted by atomic mass is 16.1. The molecule has 3 rings (SSSR count). The van der Waals surface area contributed by atoms with Gasteiger partial charge in [-0.05, 0) is 77.4 Å². The lowest BCUT2D eigenvalue weighted by molar-refractivity contribution is -0.110. The summed E-state index contributed by atoms with van der Waals surface area (Å²) in [6, 6.07) is 10.6. The van der Waals surface area contributed by atoms with Crippen molar-refractivity contribution in [1.82, 2.24) is 10.2 Å². The number of carbonyl (C=O) groups is 1. The Labute approximate surface area is 179 Å². The molecule has 4 heteroatoms. The molecule has 1 heterocycles. The zero-order valence-corrected chi connectivity index (χ0v) is 19.5. The topological polar surface area (TPSA) is 58.4 Å². The minimum atomic E-state index is -0.0677. The summed E-state index contributed by atoms with van der Waals surface area (Å²) in [5.74, 6) is 2.16. The minimum absolute atomic E-state index is 0.0677. The van der Waals surface area contributed by atoms with Crippen molar-refractivity contribution < 1.29 is 4.79 Å². The normalized spacial score (nSPS) is 22.7. The maximum Gasteiger partial charge on any atom is 0.207 e. The molecule has 0 radical (unpaired) electrons. The first kappa shape index (κ1) is 25.6. The van der Waals surface area contributed by atoms with Crippen LogP contribution >= 0.6 is 0 Å². The summed E-state index contributed by atoms with van der Waals surface area (Å²) >= 11 is 0. The Kier molecular flexibility index (Phi) is 12.2. The monoisotopic (exact) mass is 403 g/mol. The number of fused-ring (bicyclic) bond motifs is 1. The molecular formula is C25H45N3O. The van der Waals surface area contributed by atoms with Gasteiger partial charge in [-0.1, -0.05) is 56.5 Å². The molecule has 2 aliphatic rings. The number of rotatable bonds is 4. The molecule has 0 spiro atoms. The van der Waals surface area contributed by atoms with Gasteiger partial charge in [-0.25, -0.2) is 0 Å². The second-order valence-electron chi connectivity index (χ2n) is 9.67. The SMILES string of the molecule is CC(C)(C)NC=O.CCN1CC[C@@H]2CCCC[C@@H]2C1.C[C@@H](N)Cc1ccccc1. The van der Waals surface area contributed by atoms with E-state index < -0.39 is 0 Å². The van der Waals surface area contributed by atoms with Gasteiger partial charge in [0.05, 0.1) is 0 Å². The highest BCUT2D eigenvalue weighted by Gasteiger charge is 2.30. The molecule has 1 aliphatic heterocycles. The number of hydrogen-bond acceptors (Lipinski definition) is 3. The van der Waals surface area contributed by atoms with Crippen molar-refractivity contribution in [1.29, 1.82) is 0 Å². The van der Waals surface area contributed by atoms with Gasteiger partial charge >= 0.3 is 0 Å². The number of nitrogens with two attached hydrogens (primary N) is 1. The number of carbonyl (C=O) groups excluding carboxylic acids is 1. The Bertz CT molecular complexity index is 539. The van der Waals surface area contributed by atoms with E-state index in [0.29, 0.717) is 6.41 Å². The average molecular weight is 404 g/mol. The van der Waals surface area contributed by atoms with E-state index in [1.54, 1.807) is 0 Å². The van der Waals surface area contributed by atoms with Crippen LogP contribution in [0.1, 0.15) is 72.3 Å². The molecule has 166 valence electrons. The molecule has 1 aliphatic carbocycles. The number of nitrogens with zero attached hydrogens (tertiary/aromatic N) is 1. The third-order valence-corrected chi connectivity index (χ3v) is 5.71. The van der Waals surface area contributed by atoms with E-state index in [1.165, 1.54) is 57.3 Å². The fourth-order valence-electron chi connectivity index (χ4n) is 4.13. The average Bonchev–Trinajstić information content (AvgIpc) is 2.68. The predicted octanol–water partition coefficient (Wildman–Crippen LogP) is 4.63. The van der Waals surface area contributed by atoms with Crippen LogP contribution in [-0.2, 0) is 11.2 Å². The minimum Gasteiger partial charge on any atom is -0.354 e. The van der Waals surface area contributed by atoms with Crippen LogP contribution in [0.4, 0.5) is 0 Å². The maximum absolute atomic E-state index is 9.71. The van der Waals surface area contributed by atoms with Crippen LogP contribution in [0.3, 0.4) is 0 Å². The van der Waals surface area contributed by atoms with Gasteiger partial charge in [-0.3, -0.25) is 4.79 Å². The first-order valence-electron chi connectivity index (χ1n) is 11.5. The molecule has 1 aromatic carbocycles. The smallest absolute Gasteiger partial charge is 0.207 e. The number of amides is 1. The number of benzene rings is 1. The van der Waals surface area contributed by atoms with Crippen LogP contribution in [0.25, 0.3) is 0 Å². The standard InChI is InChI=1S/C11H21N.C9H13N.C5H11NO/c1-2-12-8-7-10-5-3-4-6-11(10)9-12;1-8(10)7-9-5-3-2-4-6-9;1-5(2,3)6-4-7/h10-11H,2-9H2,1H3;2-6,8H,7,10H2,1H3;4H,1-3H3,(H,6,7)/t10-,11+;8-;/m01./s1. The van der Waals surface area contributed by atoms with Crippen LogP contribution in [-0.4, -0.2) is 42.5 Å². The van der Waals surface area contributed by atoms with Crippen molar-refractivity contribution in [2.45, 2.75) is 84.7 Å². The van der Waals surface area contributed by atoms with Gasteiger partial charge in [-0.2, -0.15) is 0 Å². The number of piperidine rings is 1. The number of likely N-dealkylation sites (tertiary alicyclic amines) is 1. The van der Waals surface area contributed by atoms with Crippen molar-refractivity contribution in [3.8, 4) is 0 Å². The Balaban J connectivity index is 0.000000227. The lowest BCUT2D eigenvalue weighted by atomic mass is 9.75. The number of hydrogen-bond donors (Lipinski definition) is 2. The highest BCUT2D eigenvalue weighted by Crippen LogP contribution is 2.35. The largest absolute Gasteiger partial charge is 0.354 e. The van der Waals surface area contributed by atoms with Crippen LogP contribution in [0.2, 0.25) is 0 Å². The molecule has 1 saturated carbocycles. The van der Waals surface area contributed by atoms with E-state index in [-0.39, 0.29) is 11.6 Å². The summed E-state index contributed by atoms with van der Waals surface area (Å²) in [5, 5.41) is 2.60. The first-order chi connectivity index (χ1) is 13.7. The van der Waals surface area contributed by atoms with E-state index in [9.17, 15) is 4.79 Å². The van der Waals surface area contributed by atoms with Crippen LogP contribution in [0, 0.1) is 11.8 Å². The summed E-state index contributed by atoms with van der Waals surface area (Å²) in [7, 11) is 0. The van der Waals surface area contributed by atoms with E-state index >= 15 is 0 Å². The Morgan fingerprint density at radius 1 is 1.14 bits per heavy atom. The van der Waals surface area contributed by atoms with Gasteiger partial charge in [0.15, 0.2) is 0 Å². The van der Waals surface area contributed by atoms with E-state index in [4.69, 9.17) is 5.73 Å². The van der Waals surface area contributed by atoms with Crippen LogP contribution in [0.15, 0.2) is 30.3 Å². The molecule has 29 heavy (non-hydrogen) atoms. The highest BCUT2D eigenvalue weighted by molar-refractivity contribution is 5.47. The van der Waals surface area contributed by atoms with Gasteiger partial charge < -0.3 is 16.0 Å². The molecule has 3 atom stereocenters. The van der Waals surface area contributed by atoms with Crippen molar-refractivity contribution in [2.75, 3.05) is 19.6 Å². The molecule has 1 saturated heterocycles.